The van der Waals surface area contributed by atoms with Crippen molar-refractivity contribution in [3.8, 4) is 6.07 Å². The summed E-state index contributed by atoms with van der Waals surface area (Å²) in [5.74, 6) is 0. The van der Waals surface area contributed by atoms with Gasteiger partial charge < -0.3 is 0 Å². The van der Waals surface area contributed by atoms with Crippen molar-refractivity contribution in [1.82, 2.24) is 0 Å². The minimum atomic E-state index is -0.462. The Balaban J connectivity index is 0.000000791. The number of nitro benzene ring substituents is 1. The third-order valence-corrected chi connectivity index (χ3v) is 1.43. The van der Waals surface area contributed by atoms with Crippen LogP contribution in [-0.4, -0.2) is 4.92 Å². The van der Waals surface area contributed by atoms with Gasteiger partial charge in [-0.15, -0.1) is 0 Å². The van der Waals surface area contributed by atoms with Crippen molar-refractivity contribution >= 4 is 5.69 Å². The van der Waals surface area contributed by atoms with Crippen LogP contribution in [0.25, 0.3) is 0 Å². The van der Waals surface area contributed by atoms with Crippen molar-refractivity contribution in [3.63, 3.8) is 0 Å². The van der Waals surface area contributed by atoms with Crippen LogP contribution in [0, 0.1) is 21.4 Å². The molecule has 0 spiro atoms. The molecule has 1 aromatic rings. The molecule has 0 fully saturated rings. The summed E-state index contributed by atoms with van der Waals surface area (Å²) in [7, 11) is 0. The highest BCUT2D eigenvalue weighted by Crippen LogP contribution is 2.11. The van der Waals surface area contributed by atoms with Gasteiger partial charge >= 0.3 is 0 Å². The number of rotatable bonds is 2. The predicted octanol–water partition coefficient (Wildman–Crippen LogP) is 2.69. The van der Waals surface area contributed by atoms with Gasteiger partial charge in [-0.25, -0.2) is 0 Å². The van der Waals surface area contributed by atoms with E-state index in [2.05, 4.69) is 0 Å². The standard InChI is InChI=1S/C8H6N2O2.C2H6/c9-6-5-7-1-3-8(4-2-7)10(11)12;1-2/h1-4H,5H2;1-2H3. The molecule has 0 unspecified atom stereocenters. The monoisotopic (exact) mass is 192 g/mol. The van der Waals surface area contributed by atoms with Crippen LogP contribution in [0.5, 0.6) is 0 Å². The second-order valence-corrected chi connectivity index (χ2v) is 2.26. The molecule has 1 aromatic carbocycles. The van der Waals surface area contributed by atoms with Crippen LogP contribution in [0.2, 0.25) is 0 Å². The Morgan fingerprint density at radius 3 is 2.21 bits per heavy atom. The average molecular weight is 192 g/mol. The molecule has 4 nitrogen and oxygen atoms in total. The van der Waals surface area contributed by atoms with Gasteiger partial charge in [-0.2, -0.15) is 5.26 Å². The highest BCUT2D eigenvalue weighted by atomic mass is 16.6. The molecule has 0 aromatic heterocycles. The Labute approximate surface area is 82.9 Å². The van der Waals surface area contributed by atoms with Gasteiger partial charge in [0.15, 0.2) is 0 Å². The Hall–Kier alpha value is -1.89. The highest BCUT2D eigenvalue weighted by molar-refractivity contribution is 5.33. The number of nitriles is 1. The molecule has 0 saturated heterocycles. The first kappa shape index (κ1) is 12.1. The molecule has 0 N–H and O–H groups in total. The van der Waals surface area contributed by atoms with Gasteiger partial charge in [0.2, 0.25) is 0 Å². The number of nitro groups is 1. The minimum Gasteiger partial charge on any atom is -0.258 e. The molecular formula is C10H12N2O2. The summed E-state index contributed by atoms with van der Waals surface area (Å²) in [6, 6.07) is 7.92. The van der Waals surface area contributed by atoms with E-state index < -0.39 is 4.92 Å². The average Bonchev–Trinajstić information content (AvgIpc) is 2.22. The lowest BCUT2D eigenvalue weighted by molar-refractivity contribution is -0.384. The lowest BCUT2D eigenvalue weighted by atomic mass is 10.1. The fraction of sp³-hybridized carbons (Fsp3) is 0.300. The molecule has 0 aliphatic carbocycles. The van der Waals surface area contributed by atoms with Gasteiger partial charge in [0.25, 0.3) is 5.69 Å². The molecule has 0 amide bonds. The zero-order valence-corrected chi connectivity index (χ0v) is 8.23. The van der Waals surface area contributed by atoms with Gasteiger partial charge in [0, 0.05) is 12.1 Å². The summed E-state index contributed by atoms with van der Waals surface area (Å²) in [5, 5.41) is 18.5. The molecule has 0 aliphatic heterocycles. The second kappa shape index (κ2) is 6.61. The normalized spacial score (nSPS) is 8.07. The highest BCUT2D eigenvalue weighted by Gasteiger charge is 2.02. The van der Waals surface area contributed by atoms with E-state index >= 15 is 0 Å². The summed E-state index contributed by atoms with van der Waals surface area (Å²) in [5.41, 5.74) is 0.847. The number of benzene rings is 1. The van der Waals surface area contributed by atoms with E-state index in [0.717, 1.165) is 5.56 Å². The fourth-order valence-corrected chi connectivity index (χ4v) is 0.827. The third-order valence-electron chi connectivity index (χ3n) is 1.43. The van der Waals surface area contributed by atoms with E-state index in [-0.39, 0.29) is 12.1 Å². The maximum Gasteiger partial charge on any atom is 0.269 e. The number of nitrogens with zero attached hydrogens (tertiary/aromatic N) is 2. The topological polar surface area (TPSA) is 66.9 Å². The number of non-ortho nitro benzene ring substituents is 1. The van der Waals surface area contributed by atoms with Gasteiger partial charge in [0.1, 0.15) is 0 Å². The molecule has 0 heterocycles. The largest absolute Gasteiger partial charge is 0.269 e. The van der Waals surface area contributed by atoms with E-state index in [1.807, 2.05) is 19.9 Å². The second-order valence-electron chi connectivity index (χ2n) is 2.26. The maximum atomic E-state index is 10.2. The van der Waals surface area contributed by atoms with Crippen molar-refractivity contribution in [2.75, 3.05) is 0 Å². The van der Waals surface area contributed by atoms with Gasteiger partial charge in [0.05, 0.1) is 17.4 Å². The van der Waals surface area contributed by atoms with Crippen molar-refractivity contribution in [2.45, 2.75) is 20.3 Å². The Bertz CT molecular complexity index is 325. The van der Waals surface area contributed by atoms with Crippen molar-refractivity contribution in [1.29, 1.82) is 5.26 Å². The summed E-state index contributed by atoms with van der Waals surface area (Å²) in [6.07, 6.45) is 0.290. The van der Waals surface area contributed by atoms with Crippen LogP contribution < -0.4 is 0 Å². The molecule has 0 saturated carbocycles. The van der Waals surface area contributed by atoms with Crippen molar-refractivity contribution in [2.24, 2.45) is 0 Å². The molecule has 0 radical (unpaired) electrons. The first-order valence-electron chi connectivity index (χ1n) is 4.34. The molecule has 1 rings (SSSR count). The van der Waals surface area contributed by atoms with Crippen molar-refractivity contribution in [3.05, 3.63) is 39.9 Å². The maximum absolute atomic E-state index is 10.2. The molecule has 0 atom stereocenters. The molecule has 0 aliphatic rings. The first-order valence-corrected chi connectivity index (χ1v) is 4.34. The minimum absolute atomic E-state index is 0.0525. The molecular weight excluding hydrogens is 180 g/mol. The van der Waals surface area contributed by atoms with Crippen LogP contribution in [-0.2, 0) is 6.42 Å². The third kappa shape index (κ3) is 3.68. The lowest BCUT2D eigenvalue weighted by Gasteiger charge is -1.92. The zero-order valence-electron chi connectivity index (χ0n) is 8.23. The van der Waals surface area contributed by atoms with Gasteiger partial charge in [-0.1, -0.05) is 26.0 Å². The molecule has 74 valence electrons. The number of hydrogen-bond donors (Lipinski definition) is 0. The van der Waals surface area contributed by atoms with Crippen LogP contribution in [0.4, 0.5) is 5.69 Å². The summed E-state index contributed by atoms with van der Waals surface area (Å²) < 4.78 is 0. The zero-order chi connectivity index (χ0) is 11.0. The molecule has 14 heavy (non-hydrogen) atoms. The van der Waals surface area contributed by atoms with E-state index in [1.54, 1.807) is 12.1 Å². The van der Waals surface area contributed by atoms with E-state index in [4.69, 9.17) is 5.26 Å². The Kier molecular flexibility index (Phi) is 5.72. The van der Waals surface area contributed by atoms with Crippen molar-refractivity contribution < 1.29 is 4.92 Å². The smallest absolute Gasteiger partial charge is 0.258 e. The molecule has 0 bridgehead atoms. The lowest BCUT2D eigenvalue weighted by Crippen LogP contribution is -1.88. The van der Waals surface area contributed by atoms with E-state index in [1.165, 1.54) is 12.1 Å². The summed E-state index contributed by atoms with van der Waals surface area (Å²) in [6.45, 7) is 4.00. The Morgan fingerprint density at radius 1 is 1.36 bits per heavy atom. The number of hydrogen-bond acceptors (Lipinski definition) is 3. The van der Waals surface area contributed by atoms with E-state index in [9.17, 15) is 10.1 Å². The van der Waals surface area contributed by atoms with Crippen LogP contribution >= 0.6 is 0 Å². The summed E-state index contributed by atoms with van der Waals surface area (Å²) >= 11 is 0. The van der Waals surface area contributed by atoms with Crippen LogP contribution in [0.15, 0.2) is 24.3 Å². The van der Waals surface area contributed by atoms with Crippen LogP contribution in [0.1, 0.15) is 19.4 Å². The molecule has 4 heteroatoms. The Morgan fingerprint density at radius 2 is 1.86 bits per heavy atom. The SMILES string of the molecule is CC.N#CCc1ccc([N+](=O)[O-])cc1. The van der Waals surface area contributed by atoms with E-state index in [0.29, 0.717) is 0 Å². The first-order chi connectivity index (χ1) is 6.74. The quantitative estimate of drug-likeness (QED) is 0.534. The predicted molar refractivity (Wildman–Crippen MR) is 53.8 cm³/mol. The van der Waals surface area contributed by atoms with Gasteiger partial charge in [-0.3, -0.25) is 10.1 Å². The van der Waals surface area contributed by atoms with Crippen LogP contribution in [0.3, 0.4) is 0 Å². The fourth-order valence-electron chi connectivity index (χ4n) is 0.827. The van der Waals surface area contributed by atoms with Gasteiger partial charge in [-0.05, 0) is 5.56 Å². The summed E-state index contributed by atoms with van der Waals surface area (Å²) in [4.78, 5) is 9.75.